The third-order valence-electron chi connectivity index (χ3n) is 3.31. The molecule has 2 rings (SSSR count). The molecule has 3 N–H and O–H groups in total. The number of hydrogen-bond acceptors (Lipinski definition) is 6. The third-order valence-corrected chi connectivity index (χ3v) is 3.31. The van der Waals surface area contributed by atoms with E-state index in [1.807, 2.05) is 0 Å². The van der Waals surface area contributed by atoms with Crippen molar-refractivity contribution in [3.63, 3.8) is 0 Å². The smallest absolute Gasteiger partial charge is 0.273 e. The molecule has 134 valence electrons. The number of carbonyl (C=O) groups excluding carboxylic acids is 2. The zero-order chi connectivity index (χ0) is 19.1. The first-order valence-corrected chi connectivity index (χ1v) is 7.46. The van der Waals surface area contributed by atoms with Gasteiger partial charge >= 0.3 is 0 Å². The molecule has 0 aliphatic heterocycles. The molecule has 9 nitrogen and oxygen atoms in total. The quantitative estimate of drug-likeness (QED) is 0.440. The summed E-state index contributed by atoms with van der Waals surface area (Å²) in [6.07, 6.45) is 1.40. The Labute approximate surface area is 148 Å². The summed E-state index contributed by atoms with van der Waals surface area (Å²) >= 11 is 0. The lowest BCUT2D eigenvalue weighted by atomic mass is 10.1. The van der Waals surface area contributed by atoms with E-state index in [-0.39, 0.29) is 17.9 Å². The zero-order valence-electron chi connectivity index (χ0n) is 13.8. The minimum Gasteiger partial charge on any atom is -0.484 e. The molecule has 0 saturated carbocycles. The van der Waals surface area contributed by atoms with Gasteiger partial charge in [0.15, 0.2) is 6.61 Å². The van der Waals surface area contributed by atoms with Gasteiger partial charge in [-0.15, -0.1) is 0 Å². The number of hydrogen-bond donors (Lipinski definition) is 2. The Bertz CT molecular complexity index is 862. The average molecular weight is 356 g/mol. The largest absolute Gasteiger partial charge is 0.484 e. The van der Waals surface area contributed by atoms with Crippen LogP contribution in [0.15, 0.2) is 47.6 Å². The van der Waals surface area contributed by atoms with Gasteiger partial charge < -0.3 is 10.5 Å². The molecular weight excluding hydrogens is 340 g/mol. The van der Waals surface area contributed by atoms with Crippen molar-refractivity contribution < 1.29 is 19.2 Å². The molecule has 0 fully saturated rings. The van der Waals surface area contributed by atoms with Crippen LogP contribution in [0, 0.1) is 17.0 Å². The third kappa shape index (κ3) is 5.13. The van der Waals surface area contributed by atoms with Crippen LogP contribution in [-0.2, 0) is 4.79 Å². The Morgan fingerprint density at radius 3 is 2.58 bits per heavy atom. The number of hydrazone groups is 1. The normalized spacial score (nSPS) is 10.5. The first-order valence-electron chi connectivity index (χ1n) is 7.46. The Morgan fingerprint density at radius 1 is 1.27 bits per heavy atom. The summed E-state index contributed by atoms with van der Waals surface area (Å²) in [7, 11) is 0. The van der Waals surface area contributed by atoms with E-state index >= 15 is 0 Å². The summed E-state index contributed by atoms with van der Waals surface area (Å²) in [4.78, 5) is 33.0. The van der Waals surface area contributed by atoms with Gasteiger partial charge in [0.1, 0.15) is 5.75 Å². The highest BCUT2D eigenvalue weighted by Crippen LogP contribution is 2.19. The molecule has 9 heteroatoms. The molecule has 0 radical (unpaired) electrons. The fraction of sp³-hybridized carbons (Fsp3) is 0.118. The minimum atomic E-state index is -0.574. The lowest BCUT2D eigenvalue weighted by Gasteiger charge is -2.03. The number of nitrogens with two attached hydrogens (primary N) is 1. The minimum absolute atomic E-state index is 0.131. The van der Waals surface area contributed by atoms with Crippen molar-refractivity contribution in [2.75, 3.05) is 6.61 Å². The Hall–Kier alpha value is -3.75. The maximum Gasteiger partial charge on any atom is 0.273 e. The molecule has 0 unspecified atom stereocenters. The van der Waals surface area contributed by atoms with Crippen molar-refractivity contribution in [1.82, 2.24) is 5.43 Å². The number of aryl methyl sites for hydroxylation is 1. The van der Waals surface area contributed by atoms with Gasteiger partial charge in [0, 0.05) is 17.2 Å². The van der Waals surface area contributed by atoms with E-state index < -0.39 is 16.7 Å². The molecule has 0 spiro atoms. The number of nitro groups is 1. The first kappa shape index (κ1) is 18.6. The van der Waals surface area contributed by atoms with Gasteiger partial charge in [-0.05, 0) is 42.8 Å². The van der Waals surface area contributed by atoms with Crippen LogP contribution in [-0.4, -0.2) is 29.6 Å². The highest BCUT2D eigenvalue weighted by atomic mass is 16.6. The second kappa shape index (κ2) is 8.38. The van der Waals surface area contributed by atoms with Crippen LogP contribution < -0.4 is 15.9 Å². The van der Waals surface area contributed by atoms with E-state index in [2.05, 4.69) is 10.5 Å². The Kier molecular flexibility index (Phi) is 5.99. The van der Waals surface area contributed by atoms with Gasteiger partial charge in [0.05, 0.1) is 11.1 Å². The number of ether oxygens (including phenoxy) is 1. The van der Waals surface area contributed by atoms with E-state index in [9.17, 15) is 19.7 Å². The number of carbonyl (C=O) groups is 2. The Morgan fingerprint density at radius 2 is 1.96 bits per heavy atom. The van der Waals surface area contributed by atoms with Gasteiger partial charge in [-0.3, -0.25) is 19.7 Å². The number of nitrogens with zero attached hydrogens (tertiary/aromatic N) is 2. The van der Waals surface area contributed by atoms with Crippen LogP contribution in [0.5, 0.6) is 5.75 Å². The number of nitro benzene ring substituents is 1. The molecule has 0 atom stereocenters. The fourth-order valence-corrected chi connectivity index (χ4v) is 1.98. The van der Waals surface area contributed by atoms with Gasteiger partial charge in [0.25, 0.3) is 17.5 Å². The number of rotatable bonds is 7. The van der Waals surface area contributed by atoms with Gasteiger partial charge in [-0.1, -0.05) is 6.07 Å². The molecule has 0 bridgehead atoms. The number of amides is 2. The summed E-state index contributed by atoms with van der Waals surface area (Å²) in [5.41, 5.74) is 8.43. The first-order chi connectivity index (χ1) is 12.4. The predicted molar refractivity (Wildman–Crippen MR) is 94.0 cm³/mol. The molecule has 0 saturated heterocycles. The van der Waals surface area contributed by atoms with E-state index in [4.69, 9.17) is 10.5 Å². The fourth-order valence-electron chi connectivity index (χ4n) is 1.98. The molecule has 0 heterocycles. The van der Waals surface area contributed by atoms with E-state index in [0.29, 0.717) is 16.9 Å². The summed E-state index contributed by atoms with van der Waals surface area (Å²) in [5, 5.41) is 14.7. The molecule has 2 amide bonds. The van der Waals surface area contributed by atoms with Gasteiger partial charge in [0.2, 0.25) is 0 Å². The summed E-state index contributed by atoms with van der Waals surface area (Å²) in [6.45, 7) is 1.38. The van der Waals surface area contributed by atoms with Crippen LogP contribution in [0.2, 0.25) is 0 Å². The van der Waals surface area contributed by atoms with Crippen LogP contribution >= 0.6 is 0 Å². The second-order valence-corrected chi connectivity index (χ2v) is 5.28. The molecule has 0 aromatic heterocycles. The van der Waals surface area contributed by atoms with E-state index in [1.165, 1.54) is 24.4 Å². The van der Waals surface area contributed by atoms with E-state index in [1.54, 1.807) is 31.2 Å². The summed E-state index contributed by atoms with van der Waals surface area (Å²) in [6, 6.07) is 10.8. The van der Waals surface area contributed by atoms with Crippen LogP contribution in [0.25, 0.3) is 0 Å². The maximum absolute atomic E-state index is 12.0. The van der Waals surface area contributed by atoms with Crippen LogP contribution in [0.4, 0.5) is 5.69 Å². The molecular formula is C17H16N4O5. The number of nitrogens with one attached hydrogen (secondary N) is 1. The molecule has 2 aromatic rings. The molecule has 0 aliphatic rings. The SMILES string of the molecule is Cc1ccc(C(=O)N/N=C\c2ccc(OCC(N)=O)cc2)cc1[N+](=O)[O-]. The monoisotopic (exact) mass is 356 g/mol. The summed E-state index contributed by atoms with van der Waals surface area (Å²) in [5.74, 6) is -0.669. The predicted octanol–water partition coefficient (Wildman–Crippen LogP) is 1.53. The van der Waals surface area contributed by atoms with E-state index in [0.717, 1.165) is 0 Å². The molecule has 2 aromatic carbocycles. The number of benzene rings is 2. The van der Waals surface area contributed by atoms with Crippen LogP contribution in [0.1, 0.15) is 21.5 Å². The van der Waals surface area contributed by atoms with Crippen molar-refractivity contribution in [1.29, 1.82) is 0 Å². The topological polar surface area (TPSA) is 137 Å². The zero-order valence-corrected chi connectivity index (χ0v) is 13.8. The maximum atomic E-state index is 12.0. The molecule has 0 aliphatic carbocycles. The van der Waals surface area contributed by atoms with Crippen molar-refractivity contribution in [3.8, 4) is 5.75 Å². The highest BCUT2D eigenvalue weighted by molar-refractivity contribution is 5.95. The molecule has 26 heavy (non-hydrogen) atoms. The standard InChI is InChI=1S/C17H16N4O5/c1-11-2-5-13(8-15(11)21(24)25)17(23)20-19-9-12-3-6-14(7-4-12)26-10-16(18)22/h2-9H,10H2,1H3,(H2,18,22)(H,20,23)/b19-9-. The van der Waals surface area contributed by atoms with Gasteiger partial charge in [-0.25, -0.2) is 5.43 Å². The van der Waals surface area contributed by atoms with Gasteiger partial charge in [-0.2, -0.15) is 5.10 Å². The number of primary amides is 1. The second-order valence-electron chi connectivity index (χ2n) is 5.28. The summed E-state index contributed by atoms with van der Waals surface area (Å²) < 4.78 is 5.12. The van der Waals surface area contributed by atoms with Crippen molar-refractivity contribution in [3.05, 3.63) is 69.3 Å². The van der Waals surface area contributed by atoms with Crippen molar-refractivity contribution in [2.24, 2.45) is 10.8 Å². The Balaban J connectivity index is 1.97. The van der Waals surface area contributed by atoms with Crippen LogP contribution in [0.3, 0.4) is 0 Å². The lowest BCUT2D eigenvalue weighted by molar-refractivity contribution is -0.385. The average Bonchev–Trinajstić information content (AvgIpc) is 2.61. The highest BCUT2D eigenvalue weighted by Gasteiger charge is 2.14. The van der Waals surface area contributed by atoms with Crippen molar-refractivity contribution >= 4 is 23.7 Å². The van der Waals surface area contributed by atoms with Crippen molar-refractivity contribution in [2.45, 2.75) is 6.92 Å². The lowest BCUT2D eigenvalue weighted by Crippen LogP contribution is -2.20.